The minimum Gasteiger partial charge on any atom is -0.477 e. The van der Waals surface area contributed by atoms with Gasteiger partial charge in [0, 0.05) is 11.3 Å². The minimum atomic E-state index is -4.19. The quantitative estimate of drug-likeness (QED) is 0.857. The summed E-state index contributed by atoms with van der Waals surface area (Å²) in [5.74, 6) is -1.10. The van der Waals surface area contributed by atoms with Crippen LogP contribution >= 0.6 is 11.3 Å². The highest BCUT2D eigenvalue weighted by Gasteiger charge is 2.26. The van der Waals surface area contributed by atoms with Crippen molar-refractivity contribution in [2.75, 3.05) is 0 Å². The first kappa shape index (κ1) is 11.0. The lowest BCUT2D eigenvalue weighted by Crippen LogP contribution is -2.07. The summed E-state index contributed by atoms with van der Waals surface area (Å²) in [7, 11) is 0. The van der Waals surface area contributed by atoms with Crippen LogP contribution in [0.25, 0.3) is 0 Å². The molecule has 1 aromatic heterocycles. The molecule has 0 unspecified atom stereocenters. The molecule has 1 aromatic rings. The van der Waals surface area contributed by atoms with E-state index in [-0.39, 0.29) is 11.3 Å². The van der Waals surface area contributed by atoms with Crippen molar-refractivity contribution in [3.8, 4) is 0 Å². The predicted molar refractivity (Wildman–Crippen MR) is 45.7 cm³/mol. The Morgan fingerprint density at radius 3 is 2.50 bits per heavy atom. The number of aryl methyl sites for hydroxylation is 1. The van der Waals surface area contributed by atoms with E-state index in [0.29, 0.717) is 4.88 Å². The lowest BCUT2D eigenvalue weighted by atomic mass is 10.2. The number of halogens is 3. The summed E-state index contributed by atoms with van der Waals surface area (Å²) in [6.07, 6.45) is -5.25. The first-order valence-electron chi connectivity index (χ1n) is 3.77. The van der Waals surface area contributed by atoms with Crippen molar-refractivity contribution >= 4 is 17.3 Å². The van der Waals surface area contributed by atoms with Crippen LogP contribution in [0.1, 0.15) is 21.0 Å². The highest BCUT2D eigenvalue weighted by Crippen LogP contribution is 2.25. The predicted octanol–water partition coefficient (Wildman–Crippen LogP) is 2.94. The number of carbonyl (C=O) groups is 1. The van der Waals surface area contributed by atoms with Crippen molar-refractivity contribution in [3.05, 3.63) is 21.9 Å². The van der Waals surface area contributed by atoms with Crippen LogP contribution < -0.4 is 0 Å². The third-order valence-electron chi connectivity index (χ3n) is 1.53. The fourth-order valence-corrected chi connectivity index (χ4v) is 1.74. The Hall–Kier alpha value is -1.04. The molecule has 0 bridgehead atoms. The zero-order chi connectivity index (χ0) is 10.8. The highest BCUT2D eigenvalue weighted by molar-refractivity contribution is 7.13. The average Bonchev–Trinajstić information content (AvgIpc) is 2.47. The largest absolute Gasteiger partial charge is 0.477 e. The van der Waals surface area contributed by atoms with Gasteiger partial charge in [-0.05, 0) is 18.6 Å². The van der Waals surface area contributed by atoms with Gasteiger partial charge in [-0.25, -0.2) is 4.79 Å². The highest BCUT2D eigenvalue weighted by atomic mass is 32.1. The lowest BCUT2D eigenvalue weighted by molar-refractivity contribution is -0.133. The summed E-state index contributed by atoms with van der Waals surface area (Å²) in [5.41, 5.74) is 0. The van der Waals surface area contributed by atoms with Gasteiger partial charge >= 0.3 is 12.1 Å². The van der Waals surface area contributed by atoms with E-state index in [2.05, 4.69) is 0 Å². The molecule has 0 radical (unpaired) electrons. The van der Waals surface area contributed by atoms with Crippen LogP contribution in [-0.4, -0.2) is 17.3 Å². The van der Waals surface area contributed by atoms with Crippen LogP contribution in [0.15, 0.2) is 12.1 Å². The molecule has 14 heavy (non-hydrogen) atoms. The third kappa shape index (κ3) is 3.37. The van der Waals surface area contributed by atoms with Gasteiger partial charge in [-0.1, -0.05) is 0 Å². The maximum Gasteiger partial charge on any atom is 0.389 e. The maximum atomic E-state index is 11.8. The average molecular weight is 224 g/mol. The molecule has 1 N–H and O–H groups in total. The molecule has 0 fully saturated rings. The van der Waals surface area contributed by atoms with E-state index >= 15 is 0 Å². The van der Waals surface area contributed by atoms with E-state index in [1.165, 1.54) is 12.1 Å². The first-order valence-corrected chi connectivity index (χ1v) is 4.59. The van der Waals surface area contributed by atoms with Crippen molar-refractivity contribution in [2.45, 2.75) is 19.0 Å². The first-order chi connectivity index (χ1) is 6.38. The number of thiophene rings is 1. The summed E-state index contributed by atoms with van der Waals surface area (Å²) < 4.78 is 35.4. The monoisotopic (exact) mass is 224 g/mol. The normalized spacial score (nSPS) is 11.6. The van der Waals surface area contributed by atoms with Crippen LogP contribution in [0.2, 0.25) is 0 Å². The number of rotatable bonds is 3. The maximum absolute atomic E-state index is 11.8. The molecular formula is C8H7F3O2S. The van der Waals surface area contributed by atoms with Gasteiger partial charge in [0.2, 0.25) is 0 Å². The fraction of sp³-hybridized carbons (Fsp3) is 0.375. The number of hydrogen-bond donors (Lipinski definition) is 1. The van der Waals surface area contributed by atoms with Gasteiger partial charge in [0.15, 0.2) is 0 Å². The van der Waals surface area contributed by atoms with Gasteiger partial charge in [0.05, 0.1) is 0 Å². The van der Waals surface area contributed by atoms with Crippen LogP contribution in [-0.2, 0) is 6.42 Å². The lowest BCUT2D eigenvalue weighted by Gasteiger charge is -2.03. The van der Waals surface area contributed by atoms with Crippen molar-refractivity contribution < 1.29 is 23.1 Å². The second-order valence-electron chi connectivity index (χ2n) is 2.69. The number of alkyl halides is 3. The molecule has 0 saturated heterocycles. The van der Waals surface area contributed by atoms with E-state index in [0.717, 1.165) is 11.3 Å². The molecular weight excluding hydrogens is 217 g/mol. The summed E-state index contributed by atoms with van der Waals surface area (Å²) in [4.78, 5) is 10.9. The molecule has 0 aromatic carbocycles. The Balaban J connectivity index is 2.56. The SMILES string of the molecule is O=C(O)c1ccc(CCC(F)(F)F)s1. The van der Waals surface area contributed by atoms with Crippen molar-refractivity contribution in [3.63, 3.8) is 0 Å². The molecule has 1 heterocycles. The van der Waals surface area contributed by atoms with Crippen molar-refractivity contribution in [2.24, 2.45) is 0 Å². The summed E-state index contributed by atoms with van der Waals surface area (Å²) in [6.45, 7) is 0. The molecule has 0 saturated carbocycles. The topological polar surface area (TPSA) is 37.3 Å². The van der Waals surface area contributed by atoms with Crippen LogP contribution in [0.3, 0.4) is 0 Å². The van der Waals surface area contributed by atoms with E-state index in [1.54, 1.807) is 0 Å². The standard InChI is InChI=1S/C8H7F3O2S/c9-8(10,11)4-3-5-1-2-6(14-5)7(12)13/h1-2H,3-4H2,(H,12,13). The molecule has 0 aliphatic rings. The second kappa shape index (κ2) is 4.00. The van der Waals surface area contributed by atoms with Crippen LogP contribution in [0, 0.1) is 0 Å². The van der Waals surface area contributed by atoms with Gasteiger partial charge in [-0.2, -0.15) is 13.2 Å². The Morgan fingerprint density at radius 2 is 2.07 bits per heavy atom. The molecule has 0 aliphatic heterocycles. The fourth-order valence-electron chi connectivity index (χ4n) is 0.892. The zero-order valence-electron chi connectivity index (χ0n) is 6.97. The van der Waals surface area contributed by atoms with E-state index in [1.807, 2.05) is 0 Å². The number of aromatic carboxylic acids is 1. The third-order valence-corrected chi connectivity index (χ3v) is 2.66. The molecule has 6 heteroatoms. The van der Waals surface area contributed by atoms with Gasteiger partial charge < -0.3 is 5.11 Å². The summed E-state index contributed by atoms with van der Waals surface area (Å²) in [5, 5.41) is 8.51. The van der Waals surface area contributed by atoms with E-state index in [4.69, 9.17) is 5.11 Å². The Kier molecular flexibility index (Phi) is 3.15. The number of carboxylic acid groups (broad SMARTS) is 1. The Labute approximate surface area is 82.0 Å². The van der Waals surface area contributed by atoms with Gasteiger partial charge in [0.1, 0.15) is 4.88 Å². The zero-order valence-corrected chi connectivity index (χ0v) is 7.78. The van der Waals surface area contributed by atoms with Crippen LogP contribution in [0.5, 0.6) is 0 Å². The van der Waals surface area contributed by atoms with Crippen LogP contribution in [0.4, 0.5) is 13.2 Å². The second-order valence-corrected chi connectivity index (χ2v) is 3.85. The van der Waals surface area contributed by atoms with E-state index < -0.39 is 18.6 Å². The van der Waals surface area contributed by atoms with Gasteiger partial charge in [-0.15, -0.1) is 11.3 Å². The Bertz CT molecular complexity index is 330. The number of hydrogen-bond acceptors (Lipinski definition) is 2. The molecule has 0 amide bonds. The number of carboxylic acids is 1. The van der Waals surface area contributed by atoms with Crippen molar-refractivity contribution in [1.29, 1.82) is 0 Å². The van der Waals surface area contributed by atoms with Gasteiger partial charge in [-0.3, -0.25) is 0 Å². The minimum absolute atomic E-state index is 0.0715. The Morgan fingerprint density at radius 1 is 1.43 bits per heavy atom. The smallest absolute Gasteiger partial charge is 0.389 e. The van der Waals surface area contributed by atoms with Crippen molar-refractivity contribution in [1.82, 2.24) is 0 Å². The molecule has 78 valence electrons. The molecule has 1 rings (SSSR count). The van der Waals surface area contributed by atoms with Gasteiger partial charge in [0.25, 0.3) is 0 Å². The molecule has 0 spiro atoms. The summed E-state index contributed by atoms with van der Waals surface area (Å²) in [6, 6.07) is 2.73. The summed E-state index contributed by atoms with van der Waals surface area (Å²) >= 11 is 0.882. The molecule has 2 nitrogen and oxygen atoms in total. The van der Waals surface area contributed by atoms with E-state index in [9.17, 15) is 18.0 Å². The molecule has 0 atom stereocenters. The molecule has 0 aliphatic carbocycles.